The number of nitrogens with one attached hydrogen (secondary N) is 1. The lowest BCUT2D eigenvalue weighted by molar-refractivity contribution is 0.0698. The van der Waals surface area contributed by atoms with Gasteiger partial charge >= 0.3 is 5.97 Å². The predicted molar refractivity (Wildman–Crippen MR) is 69.9 cm³/mol. The molecule has 0 amide bonds. The van der Waals surface area contributed by atoms with Gasteiger partial charge in [-0.05, 0) is 37.5 Å². The standard InChI is InChI=1S/C13H18N2O3/c1-18-12-4-2-3-11(12)15-8-5-6-10(14)9(7-8)13(16)17/h5-7,11-12,15H,2-4,14H2,1H3,(H,16,17). The quantitative estimate of drug-likeness (QED) is 0.711. The summed E-state index contributed by atoms with van der Waals surface area (Å²) in [7, 11) is 1.70. The summed E-state index contributed by atoms with van der Waals surface area (Å²) in [6, 6.07) is 5.22. The third kappa shape index (κ3) is 2.56. The number of nitrogen functional groups attached to an aromatic ring is 1. The number of carboxylic acids is 1. The molecular formula is C13H18N2O3. The number of rotatable bonds is 4. The highest BCUT2D eigenvalue weighted by molar-refractivity contribution is 5.94. The first-order valence-corrected chi connectivity index (χ1v) is 6.04. The second kappa shape index (κ2) is 5.27. The Kier molecular flexibility index (Phi) is 3.72. The van der Waals surface area contributed by atoms with Gasteiger partial charge in [0, 0.05) is 18.5 Å². The van der Waals surface area contributed by atoms with Crippen LogP contribution in [-0.4, -0.2) is 30.3 Å². The van der Waals surface area contributed by atoms with Gasteiger partial charge in [0.1, 0.15) is 0 Å². The normalized spacial score (nSPS) is 22.9. The third-order valence-corrected chi connectivity index (χ3v) is 3.39. The van der Waals surface area contributed by atoms with Crippen LogP contribution in [0.25, 0.3) is 0 Å². The number of carboxylic acid groups (broad SMARTS) is 1. The smallest absolute Gasteiger partial charge is 0.337 e. The maximum atomic E-state index is 11.0. The van der Waals surface area contributed by atoms with Crippen LogP contribution in [0.15, 0.2) is 18.2 Å². The number of aromatic carboxylic acids is 1. The Morgan fingerprint density at radius 1 is 1.50 bits per heavy atom. The van der Waals surface area contributed by atoms with Crippen LogP contribution < -0.4 is 11.1 Å². The summed E-state index contributed by atoms with van der Waals surface area (Å²) >= 11 is 0. The minimum Gasteiger partial charge on any atom is -0.478 e. The Bertz CT molecular complexity index is 448. The number of ether oxygens (including phenoxy) is 1. The van der Waals surface area contributed by atoms with Crippen molar-refractivity contribution in [3.05, 3.63) is 23.8 Å². The van der Waals surface area contributed by atoms with E-state index in [0.717, 1.165) is 24.9 Å². The van der Waals surface area contributed by atoms with Crippen molar-refractivity contribution in [3.8, 4) is 0 Å². The summed E-state index contributed by atoms with van der Waals surface area (Å²) in [5.74, 6) is -1.01. The molecule has 0 spiro atoms. The average molecular weight is 250 g/mol. The topological polar surface area (TPSA) is 84.6 Å². The fraction of sp³-hybridized carbons (Fsp3) is 0.462. The van der Waals surface area contributed by atoms with Crippen LogP contribution in [0.2, 0.25) is 0 Å². The van der Waals surface area contributed by atoms with Crippen molar-refractivity contribution in [2.75, 3.05) is 18.2 Å². The molecule has 4 N–H and O–H groups in total. The van der Waals surface area contributed by atoms with E-state index in [9.17, 15) is 4.79 Å². The molecule has 5 heteroatoms. The molecule has 0 saturated heterocycles. The number of hydrogen-bond donors (Lipinski definition) is 3. The number of benzene rings is 1. The Morgan fingerprint density at radius 2 is 2.28 bits per heavy atom. The van der Waals surface area contributed by atoms with E-state index in [0.29, 0.717) is 0 Å². The molecule has 18 heavy (non-hydrogen) atoms. The van der Waals surface area contributed by atoms with Crippen molar-refractivity contribution < 1.29 is 14.6 Å². The van der Waals surface area contributed by atoms with E-state index in [-0.39, 0.29) is 23.4 Å². The molecule has 0 bridgehead atoms. The summed E-state index contributed by atoms with van der Waals surface area (Å²) in [5, 5.41) is 12.3. The molecule has 1 aromatic rings. The van der Waals surface area contributed by atoms with Gasteiger partial charge in [0.15, 0.2) is 0 Å². The molecule has 98 valence electrons. The van der Waals surface area contributed by atoms with Crippen LogP contribution in [0, 0.1) is 0 Å². The van der Waals surface area contributed by atoms with Gasteiger partial charge in [-0.2, -0.15) is 0 Å². The Morgan fingerprint density at radius 3 is 2.94 bits per heavy atom. The van der Waals surface area contributed by atoms with Crippen molar-refractivity contribution in [1.29, 1.82) is 0 Å². The lowest BCUT2D eigenvalue weighted by Gasteiger charge is -2.21. The summed E-state index contributed by atoms with van der Waals surface area (Å²) in [6.45, 7) is 0. The van der Waals surface area contributed by atoms with E-state index in [1.165, 1.54) is 0 Å². The van der Waals surface area contributed by atoms with E-state index in [1.807, 2.05) is 0 Å². The minimum absolute atomic E-state index is 0.131. The average Bonchev–Trinajstić information content (AvgIpc) is 2.78. The number of hydrogen-bond acceptors (Lipinski definition) is 4. The van der Waals surface area contributed by atoms with Gasteiger partial charge in [-0.3, -0.25) is 0 Å². The Hall–Kier alpha value is -1.75. The molecule has 0 radical (unpaired) electrons. The molecule has 0 aromatic heterocycles. The monoisotopic (exact) mass is 250 g/mol. The Balaban J connectivity index is 2.14. The molecule has 5 nitrogen and oxygen atoms in total. The zero-order chi connectivity index (χ0) is 13.1. The summed E-state index contributed by atoms with van der Waals surface area (Å²) < 4.78 is 5.39. The van der Waals surface area contributed by atoms with Gasteiger partial charge in [-0.15, -0.1) is 0 Å². The molecule has 0 heterocycles. The number of carbonyl (C=O) groups is 1. The molecule has 2 rings (SSSR count). The maximum absolute atomic E-state index is 11.0. The van der Waals surface area contributed by atoms with Crippen LogP contribution in [0.4, 0.5) is 11.4 Å². The predicted octanol–water partition coefficient (Wildman–Crippen LogP) is 1.95. The molecule has 1 fully saturated rings. The van der Waals surface area contributed by atoms with E-state index in [2.05, 4.69) is 5.32 Å². The summed E-state index contributed by atoms with van der Waals surface area (Å²) in [4.78, 5) is 11.0. The first kappa shape index (κ1) is 12.7. The van der Waals surface area contributed by atoms with E-state index in [1.54, 1.807) is 25.3 Å². The van der Waals surface area contributed by atoms with Crippen LogP contribution in [0.3, 0.4) is 0 Å². The zero-order valence-corrected chi connectivity index (χ0v) is 10.3. The molecule has 0 aliphatic heterocycles. The first-order chi connectivity index (χ1) is 8.61. The van der Waals surface area contributed by atoms with Crippen LogP contribution in [-0.2, 0) is 4.74 Å². The van der Waals surface area contributed by atoms with Gasteiger partial charge in [0.2, 0.25) is 0 Å². The summed E-state index contributed by atoms with van der Waals surface area (Å²) in [6.07, 6.45) is 3.38. The van der Waals surface area contributed by atoms with Crippen LogP contribution in [0.5, 0.6) is 0 Å². The number of anilines is 2. The first-order valence-electron chi connectivity index (χ1n) is 6.04. The molecular weight excluding hydrogens is 232 g/mol. The molecule has 1 aliphatic carbocycles. The zero-order valence-electron chi connectivity index (χ0n) is 10.3. The lowest BCUT2D eigenvalue weighted by Crippen LogP contribution is -2.29. The molecule has 1 aromatic carbocycles. The van der Waals surface area contributed by atoms with Gasteiger partial charge in [-0.25, -0.2) is 4.79 Å². The Labute approximate surface area is 106 Å². The summed E-state index contributed by atoms with van der Waals surface area (Å²) in [5.41, 5.74) is 6.80. The van der Waals surface area contributed by atoms with Gasteiger partial charge in [-0.1, -0.05) is 0 Å². The molecule has 2 unspecified atom stereocenters. The van der Waals surface area contributed by atoms with Gasteiger partial charge in [0.25, 0.3) is 0 Å². The lowest BCUT2D eigenvalue weighted by atomic mass is 10.1. The van der Waals surface area contributed by atoms with E-state index >= 15 is 0 Å². The molecule has 1 aliphatic rings. The van der Waals surface area contributed by atoms with Crippen molar-refractivity contribution in [2.45, 2.75) is 31.4 Å². The van der Waals surface area contributed by atoms with Crippen LogP contribution in [0.1, 0.15) is 29.6 Å². The van der Waals surface area contributed by atoms with Crippen molar-refractivity contribution >= 4 is 17.3 Å². The second-order valence-electron chi connectivity index (χ2n) is 4.56. The third-order valence-electron chi connectivity index (χ3n) is 3.39. The maximum Gasteiger partial charge on any atom is 0.337 e. The highest BCUT2D eigenvalue weighted by Gasteiger charge is 2.27. The fourth-order valence-corrected chi connectivity index (χ4v) is 2.42. The highest BCUT2D eigenvalue weighted by atomic mass is 16.5. The van der Waals surface area contributed by atoms with Gasteiger partial charge in [0.05, 0.1) is 17.7 Å². The van der Waals surface area contributed by atoms with Crippen molar-refractivity contribution in [2.24, 2.45) is 0 Å². The minimum atomic E-state index is -1.01. The van der Waals surface area contributed by atoms with Crippen molar-refractivity contribution in [1.82, 2.24) is 0 Å². The highest BCUT2D eigenvalue weighted by Crippen LogP contribution is 2.26. The van der Waals surface area contributed by atoms with Gasteiger partial charge < -0.3 is 20.9 Å². The molecule has 1 saturated carbocycles. The fourth-order valence-electron chi connectivity index (χ4n) is 2.42. The van der Waals surface area contributed by atoms with E-state index in [4.69, 9.17) is 15.6 Å². The van der Waals surface area contributed by atoms with E-state index < -0.39 is 5.97 Å². The van der Waals surface area contributed by atoms with Crippen LogP contribution >= 0.6 is 0 Å². The molecule has 2 atom stereocenters. The SMILES string of the molecule is COC1CCCC1Nc1ccc(N)c(C(=O)O)c1. The largest absolute Gasteiger partial charge is 0.478 e. The number of methoxy groups -OCH3 is 1. The van der Waals surface area contributed by atoms with Crippen molar-refractivity contribution in [3.63, 3.8) is 0 Å². The number of nitrogens with two attached hydrogens (primary N) is 1. The second-order valence-corrected chi connectivity index (χ2v) is 4.56.